The first-order valence-electron chi connectivity index (χ1n) is 7.31. The highest BCUT2D eigenvalue weighted by molar-refractivity contribution is 9.09. The van der Waals surface area contributed by atoms with Crippen molar-refractivity contribution in [2.45, 2.75) is 74.3 Å². The summed E-state index contributed by atoms with van der Waals surface area (Å²) >= 11 is 3.26. The number of halogens is 2. The summed E-state index contributed by atoms with van der Waals surface area (Å²) in [7, 11) is -2.88. The number of aliphatic hydroxyl groups excluding tert-OH is 1. The van der Waals surface area contributed by atoms with Crippen molar-refractivity contribution in [3.05, 3.63) is 0 Å². The van der Waals surface area contributed by atoms with Gasteiger partial charge in [-0.1, -0.05) is 29.8 Å². The smallest absolute Gasteiger partial charge is 0.361 e. The van der Waals surface area contributed by atoms with Gasteiger partial charge in [-0.05, 0) is 13.3 Å². The normalized spacial score (nSPS) is 37.3. The quantitative estimate of drug-likeness (QED) is 0.336. The summed E-state index contributed by atoms with van der Waals surface area (Å²) in [6, 6.07) is -0.319. The maximum absolute atomic E-state index is 14.9. The van der Waals surface area contributed by atoms with Gasteiger partial charge in [-0.3, -0.25) is 9.09 Å². The Morgan fingerprint density at radius 3 is 2.36 bits per heavy atom. The lowest BCUT2D eigenvalue weighted by Gasteiger charge is -2.34. The first kappa shape index (κ1) is 20.5. The van der Waals surface area contributed by atoms with Crippen molar-refractivity contribution < 1.29 is 33.3 Å². The summed E-state index contributed by atoms with van der Waals surface area (Å²) in [5.41, 5.74) is 0. The van der Waals surface area contributed by atoms with Crippen molar-refractivity contribution in [1.82, 2.24) is 0 Å². The Bertz CT molecular complexity index is 442. The third kappa shape index (κ3) is 4.32. The first-order chi connectivity index (χ1) is 9.89. The molecule has 0 aromatic heterocycles. The van der Waals surface area contributed by atoms with Crippen LogP contribution in [-0.4, -0.2) is 57.2 Å². The molecule has 0 bridgehead atoms. The molecule has 1 fully saturated rings. The van der Waals surface area contributed by atoms with Crippen LogP contribution in [0.4, 0.5) is 4.39 Å². The van der Waals surface area contributed by atoms with Crippen LogP contribution in [-0.2, 0) is 13.8 Å². The predicted molar refractivity (Wildman–Crippen MR) is 86.5 cm³/mol. The molecule has 0 aliphatic carbocycles. The molecule has 0 saturated carbocycles. The molecule has 0 amide bonds. The van der Waals surface area contributed by atoms with Gasteiger partial charge in [-0.25, -0.2) is 4.39 Å². The lowest BCUT2D eigenvalue weighted by atomic mass is 9.95. The molecule has 1 saturated heterocycles. The molecular formula is C12H24BBrFO6P. The second-order valence-electron chi connectivity index (χ2n) is 5.94. The molecule has 0 spiro atoms. The lowest BCUT2D eigenvalue weighted by molar-refractivity contribution is -0.124. The molecule has 7 atom stereocenters. The van der Waals surface area contributed by atoms with Gasteiger partial charge >= 0.3 is 7.60 Å². The molecule has 22 heavy (non-hydrogen) atoms. The highest BCUT2D eigenvalue weighted by atomic mass is 79.9. The number of hydrogen-bond donors (Lipinski definition) is 3. The SMILES string of the molecule is B[C@@H]1O[C@H](CC(F)(CC)OP(=O)(O)C(C)(O)CC)[C@@H](O)[C@H]1Br. The molecule has 0 aromatic carbocycles. The number of hydrogen-bond acceptors (Lipinski definition) is 5. The van der Waals surface area contributed by atoms with Crippen molar-refractivity contribution in [2.75, 3.05) is 0 Å². The first-order valence-corrected chi connectivity index (χ1v) is 9.81. The Balaban J connectivity index is 2.87. The summed E-state index contributed by atoms with van der Waals surface area (Å²) in [4.78, 5) is 9.53. The van der Waals surface area contributed by atoms with Crippen LogP contribution in [0, 0.1) is 0 Å². The van der Waals surface area contributed by atoms with Gasteiger partial charge in [0.05, 0.1) is 17.0 Å². The number of ether oxygens (including phenoxy) is 1. The van der Waals surface area contributed by atoms with Crippen LogP contribution in [0.5, 0.6) is 0 Å². The van der Waals surface area contributed by atoms with E-state index in [0.29, 0.717) is 0 Å². The van der Waals surface area contributed by atoms with Gasteiger partial charge in [0.2, 0.25) is 5.85 Å². The van der Waals surface area contributed by atoms with Crippen LogP contribution in [0.2, 0.25) is 0 Å². The van der Waals surface area contributed by atoms with E-state index in [2.05, 4.69) is 15.9 Å². The van der Waals surface area contributed by atoms with Crippen LogP contribution in [0.15, 0.2) is 0 Å². The summed E-state index contributed by atoms with van der Waals surface area (Å²) in [6.07, 6.45) is -2.50. The minimum atomic E-state index is -4.61. The van der Waals surface area contributed by atoms with Crippen LogP contribution in [0.1, 0.15) is 40.0 Å². The average Bonchev–Trinajstić information content (AvgIpc) is 2.65. The van der Waals surface area contributed by atoms with Crippen molar-refractivity contribution >= 4 is 31.4 Å². The summed E-state index contributed by atoms with van der Waals surface area (Å²) < 4.78 is 37.3. The standard InChI is InChI=1S/C12H24BBrFO6P/c1-4-11(3,17)22(18,19)21-12(15,5-2)6-7-9(16)8(14)10(13)20-7/h7-10,16-17H,4-6,13H2,1-3H3,(H,18,19)/t7-,8-,9-,10-,11?,12?/m1/s1. The molecule has 0 radical (unpaired) electrons. The third-order valence-electron chi connectivity index (χ3n) is 4.14. The number of alkyl halides is 2. The molecule has 1 heterocycles. The second-order valence-corrected chi connectivity index (χ2v) is 9.18. The number of rotatable bonds is 7. The van der Waals surface area contributed by atoms with Crippen LogP contribution in [0.25, 0.3) is 0 Å². The number of aliphatic hydroxyl groups is 2. The van der Waals surface area contributed by atoms with E-state index in [1.54, 1.807) is 7.85 Å². The molecule has 0 aromatic rings. The predicted octanol–water partition coefficient (Wildman–Crippen LogP) is 1.26. The topological polar surface area (TPSA) is 96.2 Å². The summed E-state index contributed by atoms with van der Waals surface area (Å²) in [6.45, 7) is 4.08. The Morgan fingerprint density at radius 1 is 1.45 bits per heavy atom. The molecule has 3 N–H and O–H groups in total. The largest absolute Gasteiger partial charge is 0.389 e. The van der Waals surface area contributed by atoms with E-state index in [0.717, 1.165) is 6.92 Å². The maximum Gasteiger partial charge on any atom is 0.361 e. The van der Waals surface area contributed by atoms with E-state index in [4.69, 9.17) is 9.26 Å². The van der Waals surface area contributed by atoms with Gasteiger partial charge in [0.1, 0.15) is 7.85 Å². The summed E-state index contributed by atoms with van der Waals surface area (Å²) in [5.74, 6) is -2.48. The molecule has 1 aliphatic heterocycles. The van der Waals surface area contributed by atoms with Gasteiger partial charge in [0.25, 0.3) is 0 Å². The van der Waals surface area contributed by atoms with Gasteiger partial charge in [0, 0.05) is 18.8 Å². The van der Waals surface area contributed by atoms with Gasteiger partial charge in [-0.2, -0.15) is 0 Å². The molecule has 130 valence electrons. The van der Waals surface area contributed by atoms with Crippen molar-refractivity contribution in [3.63, 3.8) is 0 Å². The summed E-state index contributed by atoms with van der Waals surface area (Å²) in [5, 5.41) is 17.9. The zero-order valence-electron chi connectivity index (χ0n) is 13.2. The van der Waals surface area contributed by atoms with Gasteiger partial charge in [-0.15, -0.1) is 0 Å². The molecular weight excluding hydrogens is 381 g/mol. The molecule has 1 aliphatic rings. The Morgan fingerprint density at radius 2 is 2.00 bits per heavy atom. The van der Waals surface area contributed by atoms with E-state index < -0.39 is 37.4 Å². The minimum absolute atomic E-state index is 0.0658. The fraction of sp³-hybridized carbons (Fsp3) is 1.00. The van der Waals surface area contributed by atoms with Crippen molar-refractivity contribution in [1.29, 1.82) is 0 Å². The highest BCUT2D eigenvalue weighted by Crippen LogP contribution is 2.59. The molecule has 3 unspecified atom stereocenters. The fourth-order valence-corrected chi connectivity index (χ4v) is 3.86. The Kier molecular flexibility index (Phi) is 6.70. The monoisotopic (exact) mass is 404 g/mol. The zero-order chi connectivity index (χ0) is 17.3. The zero-order valence-corrected chi connectivity index (χ0v) is 15.7. The molecule has 10 heteroatoms. The van der Waals surface area contributed by atoms with Crippen molar-refractivity contribution in [3.8, 4) is 0 Å². The Labute approximate surface area is 139 Å². The fourth-order valence-electron chi connectivity index (χ4n) is 2.15. The maximum atomic E-state index is 14.9. The van der Waals surface area contributed by atoms with Crippen LogP contribution in [0.3, 0.4) is 0 Å². The van der Waals surface area contributed by atoms with Crippen LogP contribution >= 0.6 is 23.5 Å². The van der Waals surface area contributed by atoms with E-state index >= 15 is 0 Å². The van der Waals surface area contributed by atoms with Gasteiger partial charge in [0.15, 0.2) is 5.34 Å². The average molecular weight is 405 g/mol. The van der Waals surface area contributed by atoms with Crippen LogP contribution < -0.4 is 0 Å². The van der Waals surface area contributed by atoms with E-state index in [9.17, 15) is 24.1 Å². The van der Waals surface area contributed by atoms with E-state index in [1.807, 2.05) is 0 Å². The Hall–Kier alpha value is 0.505. The molecule has 6 nitrogen and oxygen atoms in total. The van der Waals surface area contributed by atoms with Gasteiger partial charge < -0.3 is 19.8 Å². The van der Waals surface area contributed by atoms with E-state index in [1.165, 1.54) is 13.8 Å². The highest BCUT2D eigenvalue weighted by Gasteiger charge is 2.51. The van der Waals surface area contributed by atoms with E-state index in [-0.39, 0.29) is 23.7 Å². The lowest BCUT2D eigenvalue weighted by Crippen LogP contribution is -2.38. The second kappa shape index (κ2) is 7.17. The molecule has 1 rings (SSSR count). The van der Waals surface area contributed by atoms with Crippen molar-refractivity contribution in [2.24, 2.45) is 0 Å². The third-order valence-corrected chi connectivity index (χ3v) is 7.54. The minimum Gasteiger partial charge on any atom is -0.389 e.